The van der Waals surface area contributed by atoms with Gasteiger partial charge in [0.1, 0.15) is 41.4 Å². The Morgan fingerprint density at radius 3 is 2.74 bits per heavy atom. The van der Waals surface area contributed by atoms with Gasteiger partial charge in [0, 0.05) is 30.1 Å². The molecule has 1 aliphatic carbocycles. The average Bonchev–Trinajstić information content (AvgIpc) is 3.39. The van der Waals surface area contributed by atoms with Gasteiger partial charge in [-0.3, -0.25) is 9.88 Å². The summed E-state index contributed by atoms with van der Waals surface area (Å²) in [6, 6.07) is 4.16. The van der Waals surface area contributed by atoms with Crippen LogP contribution in [0.25, 0.3) is 32.9 Å². The largest absolute Gasteiger partial charge is 0.508 e. The van der Waals surface area contributed by atoms with Crippen LogP contribution in [-0.4, -0.2) is 81.5 Å². The van der Waals surface area contributed by atoms with Crippen molar-refractivity contribution in [1.29, 1.82) is 0 Å². The highest BCUT2D eigenvalue weighted by Gasteiger charge is 2.77. The van der Waals surface area contributed by atoms with Gasteiger partial charge in [-0.2, -0.15) is 9.97 Å². The smallest absolute Gasteiger partial charge is 0.319 e. The molecule has 1 saturated carbocycles. The SMILES string of the molecule is C#Cc1c(F)ccc2cc(O)cc(-c3ncc4c(N[C@@H]5COC[C@@H]5F)nc(OC[C@@]56CCCN5C[C@@]5(CC5(F)F)C6)nc4c3F)c12. The number of terminal acetylenes is 1. The summed E-state index contributed by atoms with van der Waals surface area (Å²) < 4.78 is 86.0. The molecule has 46 heavy (non-hydrogen) atoms. The lowest BCUT2D eigenvalue weighted by atomic mass is 9.89. The second-order valence-electron chi connectivity index (χ2n) is 12.9. The molecule has 3 saturated heterocycles. The Labute approximate surface area is 259 Å². The number of rotatable bonds is 6. The molecular weight excluding hydrogens is 609 g/mol. The zero-order chi connectivity index (χ0) is 32.0. The van der Waals surface area contributed by atoms with Crippen LogP contribution in [0.2, 0.25) is 0 Å². The number of anilines is 1. The Kier molecular flexibility index (Phi) is 6.40. The number of phenols is 1. The summed E-state index contributed by atoms with van der Waals surface area (Å²) in [6.45, 7) is 0.894. The van der Waals surface area contributed by atoms with Crippen molar-refractivity contribution < 1.29 is 36.5 Å². The topological polar surface area (TPSA) is 92.6 Å². The van der Waals surface area contributed by atoms with E-state index in [0.29, 0.717) is 18.4 Å². The van der Waals surface area contributed by atoms with E-state index >= 15 is 4.39 Å². The van der Waals surface area contributed by atoms with Crippen LogP contribution in [0.3, 0.4) is 0 Å². The summed E-state index contributed by atoms with van der Waals surface area (Å²) in [4.78, 5) is 15.2. The number of benzene rings is 2. The van der Waals surface area contributed by atoms with Crippen LogP contribution >= 0.6 is 0 Å². The number of hydrogen-bond donors (Lipinski definition) is 2. The summed E-state index contributed by atoms with van der Waals surface area (Å²) in [7, 11) is 0. The van der Waals surface area contributed by atoms with Gasteiger partial charge in [-0.15, -0.1) is 6.42 Å². The van der Waals surface area contributed by atoms with Gasteiger partial charge in [-0.1, -0.05) is 12.0 Å². The zero-order valence-corrected chi connectivity index (χ0v) is 24.4. The Hall–Kier alpha value is -4.28. The van der Waals surface area contributed by atoms with Crippen molar-refractivity contribution in [2.75, 3.05) is 38.2 Å². The van der Waals surface area contributed by atoms with E-state index in [9.17, 15) is 22.7 Å². The molecule has 238 valence electrons. The molecule has 5 heterocycles. The zero-order valence-electron chi connectivity index (χ0n) is 24.4. The third-order valence-electron chi connectivity index (χ3n) is 10.0. The van der Waals surface area contributed by atoms with Crippen molar-refractivity contribution in [3.05, 3.63) is 47.7 Å². The summed E-state index contributed by atoms with van der Waals surface area (Å²) in [6.07, 6.45) is 7.17. The maximum absolute atomic E-state index is 16.6. The van der Waals surface area contributed by atoms with E-state index in [1.54, 1.807) is 0 Å². The standard InChI is InChI=1S/C33H28F5N5O3/c1-2-19-22(34)5-4-17-8-18(44)9-20(25(17)19)27-26(36)28-21(10-39-27)29(40-24-12-45-11-23(24)35)42-30(41-28)46-16-32-6-3-7-43(32)15-31(13-32)14-33(31,37)38/h1,4-5,8-10,23-24,44H,3,6-7,11-16H2,(H,40,41,42)/t23-,24+,31-,32-/m0/s1. The number of hydrogen-bond acceptors (Lipinski definition) is 8. The van der Waals surface area contributed by atoms with Crippen molar-refractivity contribution in [2.45, 2.75) is 49.4 Å². The Balaban J connectivity index is 1.23. The first kappa shape index (κ1) is 29.1. The van der Waals surface area contributed by atoms with Crippen LogP contribution < -0.4 is 10.1 Å². The predicted octanol–water partition coefficient (Wildman–Crippen LogP) is 5.60. The van der Waals surface area contributed by atoms with Crippen LogP contribution in [0.4, 0.5) is 27.8 Å². The lowest BCUT2D eigenvalue weighted by Gasteiger charge is -2.31. The number of aromatic hydroxyl groups is 1. The van der Waals surface area contributed by atoms with Gasteiger partial charge in [-0.25, -0.2) is 22.0 Å². The maximum Gasteiger partial charge on any atom is 0.319 e. The molecule has 1 spiro atoms. The maximum atomic E-state index is 16.6. The molecule has 4 aliphatic rings. The number of nitrogens with zero attached hydrogens (tertiary/aromatic N) is 4. The average molecular weight is 638 g/mol. The number of ether oxygens (including phenoxy) is 2. The first-order valence-corrected chi connectivity index (χ1v) is 15.1. The van der Waals surface area contributed by atoms with E-state index in [-0.39, 0.29) is 89.9 Å². The van der Waals surface area contributed by atoms with Gasteiger partial charge >= 0.3 is 6.01 Å². The molecule has 3 aliphatic heterocycles. The lowest BCUT2D eigenvalue weighted by Crippen LogP contribution is -2.43. The molecule has 0 unspecified atom stereocenters. The highest BCUT2D eigenvalue weighted by Crippen LogP contribution is 2.69. The van der Waals surface area contributed by atoms with Gasteiger partial charge in [0.05, 0.1) is 41.2 Å². The lowest BCUT2D eigenvalue weighted by molar-refractivity contribution is 0.0647. The molecule has 2 aromatic carbocycles. The molecule has 4 aromatic rings. The number of alkyl halides is 3. The second kappa shape index (κ2) is 10.1. The van der Waals surface area contributed by atoms with E-state index < -0.39 is 40.7 Å². The summed E-state index contributed by atoms with van der Waals surface area (Å²) in [5, 5.41) is 14.1. The van der Waals surface area contributed by atoms with Gasteiger partial charge in [-0.05, 0) is 49.4 Å². The molecule has 2 aromatic heterocycles. The van der Waals surface area contributed by atoms with Crippen molar-refractivity contribution in [1.82, 2.24) is 19.9 Å². The number of phenolic OH excluding ortho intramolecular Hbond substituents is 1. The Morgan fingerprint density at radius 2 is 2.00 bits per heavy atom. The highest BCUT2D eigenvalue weighted by molar-refractivity contribution is 6.03. The quantitative estimate of drug-likeness (QED) is 0.209. The van der Waals surface area contributed by atoms with Crippen molar-refractivity contribution >= 4 is 27.5 Å². The van der Waals surface area contributed by atoms with E-state index in [0.717, 1.165) is 12.5 Å². The van der Waals surface area contributed by atoms with E-state index in [1.807, 2.05) is 0 Å². The van der Waals surface area contributed by atoms with Crippen LogP contribution in [-0.2, 0) is 4.74 Å². The summed E-state index contributed by atoms with van der Waals surface area (Å²) in [5.74, 6) is -2.23. The van der Waals surface area contributed by atoms with E-state index in [4.69, 9.17) is 15.9 Å². The molecule has 8 nitrogen and oxygen atoms in total. The number of nitrogens with one attached hydrogen (secondary N) is 1. The molecule has 0 radical (unpaired) electrons. The predicted molar refractivity (Wildman–Crippen MR) is 159 cm³/mol. The van der Waals surface area contributed by atoms with Gasteiger partial charge < -0.3 is 19.9 Å². The number of pyridine rings is 1. The first-order valence-electron chi connectivity index (χ1n) is 15.1. The fraction of sp³-hybridized carbons (Fsp3) is 0.424. The molecule has 13 heteroatoms. The van der Waals surface area contributed by atoms with Gasteiger partial charge in [0.15, 0.2) is 5.82 Å². The highest BCUT2D eigenvalue weighted by atomic mass is 19.3. The van der Waals surface area contributed by atoms with Gasteiger partial charge in [0.25, 0.3) is 5.92 Å². The van der Waals surface area contributed by atoms with Gasteiger partial charge in [0.2, 0.25) is 0 Å². The van der Waals surface area contributed by atoms with E-state index in [1.165, 1.54) is 24.4 Å². The van der Waals surface area contributed by atoms with E-state index in [2.05, 4.69) is 31.1 Å². The second-order valence-corrected chi connectivity index (χ2v) is 12.9. The normalized spacial score (nSPS) is 28.2. The van der Waals surface area contributed by atoms with Crippen molar-refractivity contribution in [3.8, 4) is 35.4 Å². The van der Waals surface area contributed by atoms with Crippen LogP contribution in [0.1, 0.15) is 31.2 Å². The molecular formula is C33H28F5N5O3. The molecule has 4 fully saturated rings. The monoisotopic (exact) mass is 637 g/mol. The number of halogens is 5. The molecule has 4 atom stereocenters. The minimum absolute atomic E-state index is 0.00954. The number of aromatic nitrogens is 3. The van der Waals surface area contributed by atoms with Crippen LogP contribution in [0.5, 0.6) is 11.8 Å². The minimum atomic E-state index is -2.71. The molecule has 0 bridgehead atoms. The summed E-state index contributed by atoms with van der Waals surface area (Å²) >= 11 is 0. The summed E-state index contributed by atoms with van der Waals surface area (Å²) in [5.41, 5.74) is -2.29. The Morgan fingerprint density at radius 1 is 1.17 bits per heavy atom. The van der Waals surface area contributed by atoms with Crippen LogP contribution in [0, 0.1) is 29.4 Å². The fourth-order valence-corrected chi connectivity index (χ4v) is 7.64. The van der Waals surface area contributed by atoms with Crippen molar-refractivity contribution in [3.63, 3.8) is 0 Å². The third-order valence-corrected chi connectivity index (χ3v) is 10.0. The first-order chi connectivity index (χ1) is 22.0. The fourth-order valence-electron chi connectivity index (χ4n) is 7.64. The number of fused-ring (bicyclic) bond motifs is 3. The minimum Gasteiger partial charge on any atom is -0.508 e. The van der Waals surface area contributed by atoms with Crippen molar-refractivity contribution in [2.24, 2.45) is 5.41 Å². The van der Waals surface area contributed by atoms with Crippen LogP contribution in [0.15, 0.2) is 30.5 Å². The molecule has 0 amide bonds. The Bertz CT molecular complexity index is 1970. The third kappa shape index (κ3) is 4.37. The molecule has 2 N–H and O–H groups in total. The molecule has 8 rings (SSSR count).